The number of H-pyrrole nitrogens is 1. The number of fused-ring (bicyclic) bond motifs is 1. The second-order valence-corrected chi connectivity index (χ2v) is 9.24. The molecular formula is C25H28F3N5O3. The smallest absolute Gasteiger partial charge is 0.381 e. The number of rotatable bonds is 7. The van der Waals surface area contributed by atoms with Crippen LogP contribution in [0.4, 0.5) is 13.2 Å². The summed E-state index contributed by atoms with van der Waals surface area (Å²) in [6.45, 7) is 3.14. The Morgan fingerprint density at radius 2 is 1.94 bits per heavy atom. The molecule has 2 atom stereocenters. The molecule has 0 bridgehead atoms. The number of alkyl halides is 3. The predicted molar refractivity (Wildman–Crippen MR) is 125 cm³/mol. The fourth-order valence-electron chi connectivity index (χ4n) is 4.95. The molecule has 2 fully saturated rings. The van der Waals surface area contributed by atoms with Gasteiger partial charge in [0.2, 0.25) is 5.91 Å². The van der Waals surface area contributed by atoms with Crippen LogP contribution in [-0.4, -0.2) is 70.2 Å². The number of ether oxygens (including phenoxy) is 2. The molecule has 1 amide bonds. The third kappa shape index (κ3) is 5.69. The SMILES string of the molecule is O=C(Cc1nc2c(C(F)(F)F)cccc2[nH]1)NC1CN(C2CCOCC2)CC1OCc1ccncc1. The minimum Gasteiger partial charge on any atom is -0.381 e. The maximum absolute atomic E-state index is 13.3. The van der Waals surface area contributed by atoms with E-state index in [0.717, 1.165) is 24.5 Å². The number of hydrogen-bond donors (Lipinski definition) is 2. The van der Waals surface area contributed by atoms with E-state index >= 15 is 0 Å². The summed E-state index contributed by atoms with van der Waals surface area (Å²) in [6, 6.07) is 7.71. The van der Waals surface area contributed by atoms with Crippen LogP contribution in [0.15, 0.2) is 42.7 Å². The lowest BCUT2D eigenvalue weighted by Crippen LogP contribution is -2.45. The number of nitrogens with one attached hydrogen (secondary N) is 2. The van der Waals surface area contributed by atoms with Crippen molar-refractivity contribution in [2.75, 3.05) is 26.3 Å². The molecule has 11 heteroatoms. The molecule has 2 unspecified atom stereocenters. The molecule has 3 aromatic rings. The number of carbonyl (C=O) groups is 1. The number of amides is 1. The minimum atomic E-state index is -4.52. The minimum absolute atomic E-state index is 0.156. The maximum Gasteiger partial charge on any atom is 0.418 e. The number of pyridine rings is 1. The molecular weight excluding hydrogens is 475 g/mol. The molecule has 0 radical (unpaired) electrons. The van der Waals surface area contributed by atoms with Gasteiger partial charge in [-0.3, -0.25) is 14.7 Å². The van der Waals surface area contributed by atoms with Crippen molar-refractivity contribution in [2.45, 2.75) is 50.2 Å². The Morgan fingerprint density at radius 1 is 1.17 bits per heavy atom. The van der Waals surface area contributed by atoms with Crippen LogP contribution in [0.5, 0.6) is 0 Å². The first-order valence-corrected chi connectivity index (χ1v) is 12.0. The first-order chi connectivity index (χ1) is 17.4. The van der Waals surface area contributed by atoms with Gasteiger partial charge in [-0.1, -0.05) is 6.07 Å². The Morgan fingerprint density at radius 3 is 2.69 bits per heavy atom. The molecule has 192 valence electrons. The lowest BCUT2D eigenvalue weighted by molar-refractivity contribution is -0.136. The average Bonchev–Trinajstić information content (AvgIpc) is 3.46. The van der Waals surface area contributed by atoms with Crippen molar-refractivity contribution < 1.29 is 27.4 Å². The van der Waals surface area contributed by atoms with E-state index in [1.807, 2.05) is 12.1 Å². The zero-order valence-electron chi connectivity index (χ0n) is 19.6. The number of carbonyl (C=O) groups excluding carboxylic acids is 1. The predicted octanol–water partition coefficient (Wildman–Crippen LogP) is 3.08. The lowest BCUT2D eigenvalue weighted by atomic mass is 10.1. The molecule has 1 aromatic carbocycles. The van der Waals surface area contributed by atoms with Gasteiger partial charge in [-0.05, 0) is 42.7 Å². The number of likely N-dealkylation sites (tertiary alicyclic amines) is 1. The summed E-state index contributed by atoms with van der Waals surface area (Å²) >= 11 is 0. The van der Waals surface area contributed by atoms with Crippen LogP contribution in [0.2, 0.25) is 0 Å². The van der Waals surface area contributed by atoms with E-state index in [2.05, 4.69) is 25.2 Å². The molecule has 0 aliphatic carbocycles. The number of aromatic nitrogens is 3. The largest absolute Gasteiger partial charge is 0.418 e. The first-order valence-electron chi connectivity index (χ1n) is 12.0. The Labute approximate surface area is 206 Å². The molecule has 2 N–H and O–H groups in total. The van der Waals surface area contributed by atoms with E-state index < -0.39 is 11.7 Å². The number of hydrogen-bond acceptors (Lipinski definition) is 6. The van der Waals surface area contributed by atoms with Crippen LogP contribution in [-0.2, 0) is 33.5 Å². The molecule has 36 heavy (non-hydrogen) atoms. The number of benzene rings is 1. The van der Waals surface area contributed by atoms with Crippen LogP contribution in [0.25, 0.3) is 11.0 Å². The standard InChI is InChI=1S/C25H28F3N5O3/c26-25(27,28)18-2-1-3-19-24(18)32-22(30-19)12-23(34)31-20-13-33(17-6-10-35-11-7-17)14-21(20)36-15-16-4-8-29-9-5-16/h1-5,8-9,17,20-21H,6-7,10-15H2,(H,30,32)(H,31,34). The zero-order chi connectivity index (χ0) is 25.1. The van der Waals surface area contributed by atoms with E-state index in [1.54, 1.807) is 12.4 Å². The number of imidazole rings is 1. The summed E-state index contributed by atoms with van der Waals surface area (Å²) in [5, 5.41) is 3.04. The van der Waals surface area contributed by atoms with E-state index in [9.17, 15) is 18.0 Å². The molecule has 8 nitrogen and oxygen atoms in total. The molecule has 2 aliphatic heterocycles. The van der Waals surface area contributed by atoms with E-state index in [-0.39, 0.29) is 41.3 Å². The zero-order valence-corrected chi connectivity index (χ0v) is 19.6. The van der Waals surface area contributed by atoms with E-state index in [4.69, 9.17) is 9.47 Å². The van der Waals surface area contributed by atoms with Gasteiger partial charge in [0.25, 0.3) is 0 Å². The van der Waals surface area contributed by atoms with E-state index in [1.165, 1.54) is 12.1 Å². The van der Waals surface area contributed by atoms with Crippen molar-refractivity contribution in [1.82, 2.24) is 25.2 Å². The number of nitrogens with zero attached hydrogens (tertiary/aromatic N) is 3. The van der Waals surface area contributed by atoms with E-state index in [0.29, 0.717) is 39.0 Å². The Bertz CT molecular complexity index is 1180. The highest BCUT2D eigenvalue weighted by Crippen LogP contribution is 2.33. The van der Waals surface area contributed by atoms with Gasteiger partial charge < -0.3 is 19.8 Å². The van der Waals surface area contributed by atoms with Crippen molar-refractivity contribution in [2.24, 2.45) is 0 Å². The van der Waals surface area contributed by atoms with Crippen LogP contribution < -0.4 is 5.32 Å². The molecule has 4 heterocycles. The average molecular weight is 504 g/mol. The van der Waals surface area contributed by atoms with Crippen molar-refractivity contribution >= 4 is 16.9 Å². The maximum atomic E-state index is 13.3. The molecule has 0 spiro atoms. The normalized spacial score (nSPS) is 21.8. The van der Waals surface area contributed by atoms with Gasteiger partial charge in [-0.2, -0.15) is 13.2 Å². The number of para-hydroxylation sites is 1. The summed E-state index contributed by atoms with van der Waals surface area (Å²) in [5.74, 6) is -0.133. The summed E-state index contributed by atoms with van der Waals surface area (Å²) < 4.78 is 51.7. The summed E-state index contributed by atoms with van der Waals surface area (Å²) in [7, 11) is 0. The van der Waals surface area contributed by atoms with Gasteiger partial charge >= 0.3 is 6.18 Å². The van der Waals surface area contributed by atoms with Crippen LogP contribution in [0.3, 0.4) is 0 Å². The Hall–Kier alpha value is -3.02. The lowest BCUT2D eigenvalue weighted by Gasteiger charge is -2.30. The van der Waals surface area contributed by atoms with Crippen molar-refractivity contribution in [1.29, 1.82) is 0 Å². The molecule has 5 rings (SSSR count). The first kappa shape index (κ1) is 24.7. The fraction of sp³-hybridized carbons (Fsp3) is 0.480. The van der Waals surface area contributed by atoms with Gasteiger partial charge in [-0.25, -0.2) is 4.98 Å². The summed E-state index contributed by atoms with van der Waals surface area (Å²) in [4.78, 5) is 26.2. The van der Waals surface area contributed by atoms with Gasteiger partial charge in [0.15, 0.2) is 0 Å². The monoisotopic (exact) mass is 503 g/mol. The molecule has 2 aromatic heterocycles. The van der Waals surface area contributed by atoms with Crippen LogP contribution in [0.1, 0.15) is 29.8 Å². The Balaban J connectivity index is 1.27. The third-order valence-corrected chi connectivity index (χ3v) is 6.76. The van der Waals surface area contributed by atoms with Crippen LogP contribution in [0, 0.1) is 0 Å². The van der Waals surface area contributed by atoms with Crippen molar-refractivity contribution in [3.05, 3.63) is 59.7 Å². The second-order valence-electron chi connectivity index (χ2n) is 9.24. The van der Waals surface area contributed by atoms with Gasteiger partial charge in [-0.15, -0.1) is 0 Å². The summed E-state index contributed by atoms with van der Waals surface area (Å²) in [6.07, 6.45) is 0.368. The molecule has 2 aliphatic rings. The van der Waals surface area contributed by atoms with Crippen LogP contribution >= 0.6 is 0 Å². The quantitative estimate of drug-likeness (QED) is 0.515. The van der Waals surface area contributed by atoms with Gasteiger partial charge in [0.1, 0.15) is 11.3 Å². The highest BCUT2D eigenvalue weighted by atomic mass is 19.4. The summed E-state index contributed by atoms with van der Waals surface area (Å²) in [5.41, 5.74) is 0.230. The number of aromatic amines is 1. The molecule has 0 saturated carbocycles. The highest BCUT2D eigenvalue weighted by molar-refractivity contribution is 5.82. The van der Waals surface area contributed by atoms with Crippen molar-refractivity contribution in [3.8, 4) is 0 Å². The van der Waals surface area contributed by atoms with Gasteiger partial charge in [0.05, 0.1) is 36.3 Å². The second kappa shape index (κ2) is 10.5. The molecule has 2 saturated heterocycles. The highest BCUT2D eigenvalue weighted by Gasteiger charge is 2.38. The third-order valence-electron chi connectivity index (χ3n) is 6.76. The topological polar surface area (TPSA) is 92.4 Å². The fourth-order valence-corrected chi connectivity index (χ4v) is 4.95. The number of halogens is 3. The Kier molecular flexibility index (Phi) is 7.22. The van der Waals surface area contributed by atoms with Gasteiger partial charge in [0, 0.05) is 44.7 Å². The van der Waals surface area contributed by atoms with Crippen molar-refractivity contribution in [3.63, 3.8) is 0 Å².